The van der Waals surface area contributed by atoms with Crippen molar-refractivity contribution in [1.82, 2.24) is 24.8 Å². The molecular weight excluding hydrogens is 408 g/mol. The summed E-state index contributed by atoms with van der Waals surface area (Å²) in [6, 6.07) is 13.8. The van der Waals surface area contributed by atoms with E-state index in [4.69, 9.17) is 4.98 Å². The SMILES string of the molecule is CNc1nc2cc(-c3cccc(CNC(=O)c4cccnc4)c3)sc2c2c1ncn2C. The van der Waals surface area contributed by atoms with Crippen LogP contribution >= 0.6 is 11.3 Å². The summed E-state index contributed by atoms with van der Waals surface area (Å²) >= 11 is 1.70. The minimum absolute atomic E-state index is 0.136. The smallest absolute Gasteiger partial charge is 0.253 e. The van der Waals surface area contributed by atoms with E-state index >= 15 is 0 Å². The van der Waals surface area contributed by atoms with Crippen molar-refractivity contribution in [3.63, 3.8) is 0 Å². The van der Waals surface area contributed by atoms with E-state index < -0.39 is 0 Å². The van der Waals surface area contributed by atoms with E-state index in [0.29, 0.717) is 12.1 Å². The third-order valence-electron chi connectivity index (χ3n) is 5.15. The third-order valence-corrected chi connectivity index (χ3v) is 6.33. The fraction of sp³-hybridized carbons (Fsp3) is 0.130. The fourth-order valence-corrected chi connectivity index (χ4v) is 4.79. The first kappa shape index (κ1) is 19.2. The van der Waals surface area contributed by atoms with Gasteiger partial charge in [-0.2, -0.15) is 0 Å². The molecule has 0 aliphatic heterocycles. The van der Waals surface area contributed by atoms with Gasteiger partial charge in [0.2, 0.25) is 0 Å². The van der Waals surface area contributed by atoms with Crippen LogP contribution in [0.1, 0.15) is 15.9 Å². The molecule has 0 spiro atoms. The molecule has 0 saturated carbocycles. The van der Waals surface area contributed by atoms with Crippen molar-refractivity contribution in [3.05, 3.63) is 72.3 Å². The second kappa shape index (κ2) is 7.81. The van der Waals surface area contributed by atoms with Crippen LogP contribution in [-0.2, 0) is 13.6 Å². The molecule has 0 atom stereocenters. The van der Waals surface area contributed by atoms with Crippen LogP contribution in [0, 0.1) is 0 Å². The number of carbonyl (C=O) groups is 1. The first-order chi connectivity index (χ1) is 15.1. The lowest BCUT2D eigenvalue weighted by molar-refractivity contribution is 0.0950. The Morgan fingerprint density at radius 3 is 2.90 bits per heavy atom. The van der Waals surface area contributed by atoms with Gasteiger partial charge in [-0.15, -0.1) is 11.3 Å². The lowest BCUT2D eigenvalue weighted by Crippen LogP contribution is -2.22. The van der Waals surface area contributed by atoms with Gasteiger partial charge in [-0.05, 0) is 35.4 Å². The summed E-state index contributed by atoms with van der Waals surface area (Å²) in [6.07, 6.45) is 5.03. The number of thiophene rings is 1. The van der Waals surface area contributed by atoms with Crippen LogP contribution in [0.25, 0.3) is 31.7 Å². The largest absolute Gasteiger partial charge is 0.371 e. The van der Waals surface area contributed by atoms with E-state index in [1.165, 1.54) is 0 Å². The molecule has 31 heavy (non-hydrogen) atoms. The maximum atomic E-state index is 12.3. The van der Waals surface area contributed by atoms with Crippen molar-refractivity contribution in [2.45, 2.75) is 6.54 Å². The lowest BCUT2D eigenvalue weighted by atomic mass is 10.1. The first-order valence-corrected chi connectivity index (χ1v) is 10.7. The minimum atomic E-state index is -0.136. The second-order valence-corrected chi connectivity index (χ2v) is 8.27. The highest BCUT2D eigenvalue weighted by molar-refractivity contribution is 7.23. The van der Waals surface area contributed by atoms with E-state index in [2.05, 4.69) is 38.8 Å². The molecule has 154 valence electrons. The number of nitrogens with one attached hydrogen (secondary N) is 2. The monoisotopic (exact) mass is 428 g/mol. The molecule has 0 aliphatic rings. The van der Waals surface area contributed by atoms with E-state index in [-0.39, 0.29) is 5.91 Å². The van der Waals surface area contributed by atoms with Gasteiger partial charge in [0.05, 0.1) is 27.6 Å². The van der Waals surface area contributed by atoms with Crippen molar-refractivity contribution in [3.8, 4) is 10.4 Å². The Morgan fingerprint density at radius 2 is 2.10 bits per heavy atom. The summed E-state index contributed by atoms with van der Waals surface area (Å²) in [7, 11) is 3.86. The van der Waals surface area contributed by atoms with Gasteiger partial charge in [-0.1, -0.05) is 18.2 Å². The summed E-state index contributed by atoms with van der Waals surface area (Å²) in [5.74, 6) is 0.641. The fourth-order valence-electron chi connectivity index (χ4n) is 3.61. The molecule has 4 aromatic heterocycles. The number of anilines is 1. The number of carbonyl (C=O) groups excluding carboxylic acids is 1. The van der Waals surface area contributed by atoms with E-state index in [1.54, 1.807) is 35.9 Å². The molecule has 0 radical (unpaired) electrons. The highest BCUT2D eigenvalue weighted by atomic mass is 32.1. The Bertz CT molecular complexity index is 1410. The quantitative estimate of drug-likeness (QED) is 0.438. The average Bonchev–Trinajstić information content (AvgIpc) is 3.41. The average molecular weight is 429 g/mol. The zero-order valence-electron chi connectivity index (χ0n) is 17.1. The van der Waals surface area contributed by atoms with Crippen LogP contribution in [0.5, 0.6) is 0 Å². The molecule has 8 heteroatoms. The minimum Gasteiger partial charge on any atom is -0.371 e. The molecule has 0 unspecified atom stereocenters. The Kier molecular flexibility index (Phi) is 4.83. The maximum Gasteiger partial charge on any atom is 0.253 e. The van der Waals surface area contributed by atoms with Gasteiger partial charge < -0.3 is 15.2 Å². The van der Waals surface area contributed by atoms with Gasteiger partial charge in [0.15, 0.2) is 5.82 Å². The van der Waals surface area contributed by atoms with Crippen molar-refractivity contribution in [1.29, 1.82) is 0 Å². The summed E-state index contributed by atoms with van der Waals surface area (Å²) in [4.78, 5) is 26.7. The van der Waals surface area contributed by atoms with E-state index in [1.807, 2.05) is 37.1 Å². The zero-order chi connectivity index (χ0) is 21.4. The van der Waals surface area contributed by atoms with Gasteiger partial charge in [0, 0.05) is 37.9 Å². The van der Waals surface area contributed by atoms with E-state index in [0.717, 1.165) is 43.1 Å². The van der Waals surface area contributed by atoms with Crippen molar-refractivity contribution >= 4 is 44.3 Å². The number of aromatic nitrogens is 4. The number of aryl methyl sites for hydroxylation is 1. The number of amides is 1. The van der Waals surface area contributed by atoms with Crippen LogP contribution in [0.2, 0.25) is 0 Å². The van der Waals surface area contributed by atoms with Gasteiger partial charge in [-0.25, -0.2) is 9.97 Å². The molecule has 7 nitrogen and oxygen atoms in total. The Labute approximate surface area is 182 Å². The van der Waals surface area contributed by atoms with Crippen LogP contribution in [0.3, 0.4) is 0 Å². The molecule has 0 aliphatic carbocycles. The Hall–Kier alpha value is -3.78. The Balaban J connectivity index is 1.46. The maximum absolute atomic E-state index is 12.3. The molecule has 1 amide bonds. The molecule has 0 saturated heterocycles. The number of pyridine rings is 2. The summed E-state index contributed by atoms with van der Waals surface area (Å²) < 4.78 is 3.14. The highest BCUT2D eigenvalue weighted by Gasteiger charge is 2.16. The summed E-state index contributed by atoms with van der Waals surface area (Å²) in [5.41, 5.74) is 5.56. The number of imidazole rings is 1. The number of rotatable bonds is 5. The van der Waals surface area contributed by atoms with Crippen molar-refractivity contribution < 1.29 is 4.79 Å². The number of hydrogen-bond donors (Lipinski definition) is 2. The summed E-state index contributed by atoms with van der Waals surface area (Å²) in [5, 5.41) is 6.10. The molecule has 4 heterocycles. The van der Waals surface area contributed by atoms with Gasteiger partial charge in [0.1, 0.15) is 5.52 Å². The van der Waals surface area contributed by atoms with Gasteiger partial charge >= 0.3 is 0 Å². The van der Waals surface area contributed by atoms with Crippen LogP contribution in [0.4, 0.5) is 5.82 Å². The zero-order valence-corrected chi connectivity index (χ0v) is 17.9. The second-order valence-electron chi connectivity index (χ2n) is 7.21. The predicted molar refractivity (Wildman–Crippen MR) is 124 cm³/mol. The van der Waals surface area contributed by atoms with Gasteiger partial charge in [-0.3, -0.25) is 9.78 Å². The Morgan fingerprint density at radius 1 is 1.19 bits per heavy atom. The first-order valence-electron chi connectivity index (χ1n) is 9.84. The predicted octanol–water partition coefficient (Wildman–Crippen LogP) is 4.22. The van der Waals surface area contributed by atoms with Crippen molar-refractivity contribution in [2.75, 3.05) is 12.4 Å². The van der Waals surface area contributed by atoms with Crippen LogP contribution in [-0.4, -0.2) is 32.5 Å². The molecule has 0 bridgehead atoms. The van der Waals surface area contributed by atoms with Crippen molar-refractivity contribution in [2.24, 2.45) is 7.05 Å². The standard InChI is InChI=1S/C23H20N6OS/c1-24-22-19-20(29(2)13-27-19)21-17(28-22)10-18(31-21)15-6-3-5-14(9-15)11-26-23(30)16-7-4-8-25-12-16/h3-10,12-13H,11H2,1-2H3,(H,24,28)(H,26,30). The number of nitrogens with zero attached hydrogens (tertiary/aromatic N) is 4. The van der Waals surface area contributed by atoms with E-state index in [9.17, 15) is 4.79 Å². The molecule has 0 fully saturated rings. The van der Waals surface area contributed by atoms with Crippen LogP contribution < -0.4 is 10.6 Å². The third kappa shape index (κ3) is 3.51. The lowest BCUT2D eigenvalue weighted by Gasteiger charge is -2.06. The molecule has 5 rings (SSSR count). The molecular formula is C23H20N6OS. The molecule has 2 N–H and O–H groups in total. The molecule has 1 aromatic carbocycles. The van der Waals surface area contributed by atoms with Crippen LogP contribution in [0.15, 0.2) is 61.2 Å². The normalized spacial score (nSPS) is 11.2. The number of hydrogen-bond acceptors (Lipinski definition) is 6. The number of benzene rings is 1. The highest BCUT2D eigenvalue weighted by Crippen LogP contribution is 2.38. The topological polar surface area (TPSA) is 84.7 Å². The van der Waals surface area contributed by atoms with Gasteiger partial charge in [0.25, 0.3) is 5.91 Å². The summed E-state index contributed by atoms with van der Waals surface area (Å²) in [6.45, 7) is 0.445. The number of fused-ring (bicyclic) bond motifs is 3. The molecule has 5 aromatic rings.